The standard InChI is InChI=1S/C13H10F4OS/c1-9(18)19-8-3-2-5-10-6-4-7-11(12(10)14)13(15,16)17/h4,6-7H,3,8H2,1H3. The van der Waals surface area contributed by atoms with Crippen molar-refractivity contribution in [1.82, 2.24) is 0 Å². The fraction of sp³-hybridized carbons (Fsp3) is 0.308. The number of carbonyl (C=O) groups is 1. The van der Waals surface area contributed by atoms with Crippen molar-refractivity contribution in [1.29, 1.82) is 0 Å². The topological polar surface area (TPSA) is 17.1 Å². The second kappa shape index (κ2) is 6.62. The van der Waals surface area contributed by atoms with Crippen LogP contribution in [0.4, 0.5) is 17.6 Å². The van der Waals surface area contributed by atoms with Gasteiger partial charge in [-0.15, -0.1) is 0 Å². The third-order valence-electron chi connectivity index (χ3n) is 2.06. The van der Waals surface area contributed by atoms with E-state index in [2.05, 4.69) is 11.8 Å². The van der Waals surface area contributed by atoms with Crippen LogP contribution in [0.1, 0.15) is 24.5 Å². The Kier molecular flexibility index (Phi) is 5.43. The summed E-state index contributed by atoms with van der Waals surface area (Å²) in [5, 5.41) is -0.0629. The first kappa shape index (κ1) is 15.6. The average molecular weight is 290 g/mol. The van der Waals surface area contributed by atoms with Gasteiger partial charge in [0.1, 0.15) is 0 Å². The van der Waals surface area contributed by atoms with E-state index in [0.29, 0.717) is 18.2 Å². The third-order valence-corrected chi connectivity index (χ3v) is 2.87. The van der Waals surface area contributed by atoms with E-state index in [0.717, 1.165) is 17.8 Å². The van der Waals surface area contributed by atoms with E-state index in [1.807, 2.05) is 0 Å². The number of thioether (sulfide) groups is 1. The van der Waals surface area contributed by atoms with Crippen molar-refractivity contribution in [3.63, 3.8) is 0 Å². The molecule has 0 fully saturated rings. The Balaban J connectivity index is 2.80. The van der Waals surface area contributed by atoms with Crippen LogP contribution < -0.4 is 0 Å². The molecule has 6 heteroatoms. The summed E-state index contributed by atoms with van der Waals surface area (Å²) in [6.07, 6.45) is -4.42. The van der Waals surface area contributed by atoms with Gasteiger partial charge in [-0.1, -0.05) is 29.7 Å². The molecule has 0 aliphatic heterocycles. The van der Waals surface area contributed by atoms with Gasteiger partial charge in [-0.25, -0.2) is 4.39 Å². The second-order valence-electron chi connectivity index (χ2n) is 3.56. The molecule has 0 heterocycles. The summed E-state index contributed by atoms with van der Waals surface area (Å²) < 4.78 is 50.8. The number of alkyl halides is 3. The average Bonchev–Trinajstić information content (AvgIpc) is 2.28. The first-order valence-corrected chi connectivity index (χ1v) is 6.29. The Morgan fingerprint density at radius 3 is 2.63 bits per heavy atom. The molecule has 0 N–H and O–H groups in total. The molecule has 0 spiro atoms. The molecule has 0 unspecified atom stereocenters. The van der Waals surface area contributed by atoms with Gasteiger partial charge >= 0.3 is 6.18 Å². The van der Waals surface area contributed by atoms with Gasteiger partial charge in [0.2, 0.25) is 0 Å². The Morgan fingerprint density at radius 1 is 1.37 bits per heavy atom. The summed E-state index contributed by atoms with van der Waals surface area (Å²) in [5.74, 6) is 3.97. The Bertz CT molecular complexity index is 526. The van der Waals surface area contributed by atoms with Crippen molar-refractivity contribution < 1.29 is 22.4 Å². The van der Waals surface area contributed by atoms with E-state index in [-0.39, 0.29) is 10.7 Å². The molecule has 1 aromatic carbocycles. The highest BCUT2D eigenvalue weighted by atomic mass is 32.2. The predicted molar refractivity (Wildman–Crippen MR) is 66.0 cm³/mol. The number of rotatable bonds is 2. The smallest absolute Gasteiger partial charge is 0.288 e. The molecule has 0 aliphatic rings. The Morgan fingerprint density at radius 2 is 2.05 bits per heavy atom. The minimum Gasteiger partial charge on any atom is -0.288 e. The number of hydrogen-bond acceptors (Lipinski definition) is 2. The van der Waals surface area contributed by atoms with Crippen LogP contribution in [0.25, 0.3) is 0 Å². The number of hydrogen-bond donors (Lipinski definition) is 0. The van der Waals surface area contributed by atoms with E-state index in [1.165, 1.54) is 13.0 Å². The fourth-order valence-corrected chi connectivity index (χ4v) is 1.74. The monoisotopic (exact) mass is 290 g/mol. The van der Waals surface area contributed by atoms with Gasteiger partial charge < -0.3 is 0 Å². The summed E-state index contributed by atoms with van der Waals surface area (Å²) in [6, 6.07) is 2.97. The zero-order chi connectivity index (χ0) is 14.5. The molecule has 0 aromatic heterocycles. The number of halogens is 4. The van der Waals surface area contributed by atoms with Crippen LogP contribution in [-0.4, -0.2) is 10.9 Å². The van der Waals surface area contributed by atoms with E-state index >= 15 is 0 Å². The molecule has 0 atom stereocenters. The molecule has 1 aromatic rings. The molecular weight excluding hydrogens is 280 g/mol. The van der Waals surface area contributed by atoms with Gasteiger partial charge in [0.05, 0.1) is 11.1 Å². The summed E-state index contributed by atoms with van der Waals surface area (Å²) in [4.78, 5) is 10.6. The zero-order valence-electron chi connectivity index (χ0n) is 9.97. The molecule has 0 saturated heterocycles. The SMILES string of the molecule is CC(=O)SCCC#Cc1cccc(C(F)(F)F)c1F. The van der Waals surface area contributed by atoms with E-state index in [4.69, 9.17) is 0 Å². The lowest BCUT2D eigenvalue weighted by Crippen LogP contribution is -2.08. The van der Waals surface area contributed by atoms with Crippen molar-refractivity contribution >= 4 is 16.9 Å². The molecule has 1 nitrogen and oxygen atoms in total. The fourth-order valence-electron chi connectivity index (χ4n) is 1.25. The van der Waals surface area contributed by atoms with Crippen LogP contribution in [-0.2, 0) is 11.0 Å². The highest BCUT2D eigenvalue weighted by molar-refractivity contribution is 8.13. The van der Waals surface area contributed by atoms with E-state index in [1.54, 1.807) is 0 Å². The van der Waals surface area contributed by atoms with Crippen molar-refractivity contribution in [3.05, 3.63) is 35.1 Å². The third kappa shape index (κ3) is 4.95. The first-order chi connectivity index (χ1) is 8.82. The first-order valence-electron chi connectivity index (χ1n) is 5.30. The van der Waals surface area contributed by atoms with Crippen molar-refractivity contribution in [2.45, 2.75) is 19.5 Å². The minimum atomic E-state index is -4.73. The molecule has 1 rings (SSSR count). The number of benzene rings is 1. The van der Waals surface area contributed by atoms with Crippen molar-refractivity contribution in [2.75, 3.05) is 5.75 Å². The van der Waals surface area contributed by atoms with Crippen molar-refractivity contribution in [3.8, 4) is 11.8 Å². The van der Waals surface area contributed by atoms with Crippen LogP contribution in [0.15, 0.2) is 18.2 Å². The molecular formula is C13H10F4OS. The van der Waals surface area contributed by atoms with Gasteiger partial charge in [-0.05, 0) is 12.1 Å². The highest BCUT2D eigenvalue weighted by Crippen LogP contribution is 2.32. The van der Waals surface area contributed by atoms with Crippen LogP contribution in [0, 0.1) is 17.7 Å². The summed E-state index contributed by atoms with van der Waals surface area (Å²) in [6.45, 7) is 1.41. The van der Waals surface area contributed by atoms with Crippen LogP contribution in [0.2, 0.25) is 0 Å². The lowest BCUT2D eigenvalue weighted by molar-refractivity contribution is -0.140. The van der Waals surface area contributed by atoms with Crippen LogP contribution in [0.5, 0.6) is 0 Å². The van der Waals surface area contributed by atoms with Gasteiger partial charge in [0.15, 0.2) is 10.9 Å². The van der Waals surface area contributed by atoms with Gasteiger partial charge in [0.25, 0.3) is 0 Å². The molecule has 102 valence electrons. The molecule has 0 aliphatic carbocycles. The Labute approximate surface area is 112 Å². The Hall–Kier alpha value is -1.48. The maximum Gasteiger partial charge on any atom is 0.419 e. The predicted octanol–water partition coefficient (Wildman–Crippen LogP) is 3.87. The largest absolute Gasteiger partial charge is 0.419 e. The van der Waals surface area contributed by atoms with Gasteiger partial charge in [-0.2, -0.15) is 13.2 Å². The van der Waals surface area contributed by atoms with Crippen LogP contribution >= 0.6 is 11.8 Å². The maximum absolute atomic E-state index is 13.5. The van der Waals surface area contributed by atoms with Gasteiger partial charge in [-0.3, -0.25) is 4.79 Å². The number of carbonyl (C=O) groups excluding carboxylic acids is 1. The molecule has 0 saturated carbocycles. The molecule has 0 radical (unpaired) electrons. The van der Waals surface area contributed by atoms with Gasteiger partial charge in [0, 0.05) is 19.1 Å². The normalized spacial score (nSPS) is 10.8. The summed E-state index contributed by atoms with van der Waals surface area (Å²) >= 11 is 1.06. The zero-order valence-corrected chi connectivity index (χ0v) is 10.8. The lowest BCUT2D eigenvalue weighted by atomic mass is 10.1. The maximum atomic E-state index is 13.5. The van der Waals surface area contributed by atoms with E-state index < -0.39 is 17.6 Å². The quantitative estimate of drug-likeness (QED) is 0.467. The van der Waals surface area contributed by atoms with Crippen LogP contribution in [0.3, 0.4) is 0 Å². The summed E-state index contributed by atoms with van der Waals surface area (Å²) in [5.41, 5.74) is -1.61. The van der Waals surface area contributed by atoms with E-state index in [9.17, 15) is 22.4 Å². The highest BCUT2D eigenvalue weighted by Gasteiger charge is 2.34. The minimum absolute atomic E-state index is 0.0629. The lowest BCUT2D eigenvalue weighted by Gasteiger charge is -2.08. The molecule has 19 heavy (non-hydrogen) atoms. The molecule has 0 bridgehead atoms. The second-order valence-corrected chi connectivity index (χ2v) is 4.83. The molecule has 0 amide bonds. The summed E-state index contributed by atoms with van der Waals surface area (Å²) in [7, 11) is 0. The van der Waals surface area contributed by atoms with Crippen molar-refractivity contribution in [2.24, 2.45) is 0 Å².